The fourth-order valence-corrected chi connectivity index (χ4v) is 2.84. The van der Waals surface area contributed by atoms with Crippen molar-refractivity contribution in [1.29, 1.82) is 0 Å². The van der Waals surface area contributed by atoms with E-state index in [1.165, 1.54) is 12.1 Å². The largest absolute Gasteiger partial charge is 0.378 e. The Bertz CT molecular complexity index is 524. The highest BCUT2D eigenvalue weighted by Gasteiger charge is 2.21. The highest BCUT2D eigenvalue weighted by molar-refractivity contribution is 7.90. The monoisotopic (exact) mass is 284 g/mol. The number of ether oxygens (including phenoxy) is 1. The van der Waals surface area contributed by atoms with Crippen molar-refractivity contribution in [2.24, 2.45) is 0 Å². The van der Waals surface area contributed by atoms with E-state index in [4.69, 9.17) is 4.74 Å². The van der Waals surface area contributed by atoms with Crippen LogP contribution >= 0.6 is 0 Å². The Morgan fingerprint density at radius 1 is 1.37 bits per heavy atom. The minimum absolute atomic E-state index is 0.0755. The minimum Gasteiger partial charge on any atom is -0.378 e. The predicted octanol–water partition coefficient (Wildman–Crippen LogP) is -0.130. The molecule has 1 amide bonds. The number of carbonyl (C=O) groups excluding carboxylic acids is 1. The van der Waals surface area contributed by atoms with E-state index >= 15 is 0 Å². The Morgan fingerprint density at radius 2 is 2.11 bits per heavy atom. The molecule has 1 fully saturated rings. The van der Waals surface area contributed by atoms with Crippen molar-refractivity contribution in [3.05, 3.63) is 30.3 Å². The van der Waals surface area contributed by atoms with Crippen molar-refractivity contribution in [2.45, 2.75) is 17.4 Å². The summed E-state index contributed by atoms with van der Waals surface area (Å²) in [5, 5.41) is 3.09. The van der Waals surface area contributed by atoms with Gasteiger partial charge < -0.3 is 10.1 Å². The molecule has 104 valence electrons. The Balaban J connectivity index is 1.94. The lowest BCUT2D eigenvalue weighted by atomic mass is 10.2. The Hall–Kier alpha value is -1.44. The second-order valence-electron chi connectivity index (χ2n) is 4.27. The van der Waals surface area contributed by atoms with Crippen LogP contribution in [0.3, 0.4) is 0 Å². The average Bonchev–Trinajstić information content (AvgIpc) is 2.40. The zero-order valence-corrected chi connectivity index (χ0v) is 11.2. The fourth-order valence-electron chi connectivity index (χ4n) is 1.82. The van der Waals surface area contributed by atoms with Crippen LogP contribution in [0.15, 0.2) is 35.2 Å². The van der Waals surface area contributed by atoms with E-state index in [2.05, 4.69) is 10.0 Å². The van der Waals surface area contributed by atoms with Crippen LogP contribution in [0, 0.1) is 0 Å². The Labute approximate surface area is 112 Å². The Morgan fingerprint density at radius 3 is 2.74 bits per heavy atom. The molecule has 1 aromatic carbocycles. The van der Waals surface area contributed by atoms with Crippen molar-refractivity contribution in [3.8, 4) is 0 Å². The zero-order valence-electron chi connectivity index (χ0n) is 10.3. The van der Waals surface area contributed by atoms with E-state index in [9.17, 15) is 13.2 Å². The summed E-state index contributed by atoms with van der Waals surface area (Å²) in [5.74, 6) is -0.535. The molecule has 2 N–H and O–H groups in total. The Kier molecular flexibility index (Phi) is 4.52. The van der Waals surface area contributed by atoms with Crippen LogP contribution < -0.4 is 10.0 Å². The summed E-state index contributed by atoms with van der Waals surface area (Å²) >= 11 is 0. The summed E-state index contributed by atoms with van der Waals surface area (Å²) in [4.78, 5) is 11.8. The van der Waals surface area contributed by atoms with Gasteiger partial charge in [-0.05, 0) is 12.1 Å². The minimum atomic E-state index is -3.78. The molecule has 1 unspecified atom stereocenters. The molecule has 6 nitrogen and oxygen atoms in total. The average molecular weight is 284 g/mol. The molecule has 1 aliphatic rings. The first kappa shape index (κ1) is 14.0. The fraction of sp³-hybridized carbons (Fsp3) is 0.417. The van der Waals surface area contributed by atoms with Gasteiger partial charge in [-0.25, -0.2) is 13.1 Å². The van der Waals surface area contributed by atoms with Gasteiger partial charge >= 0.3 is 0 Å². The molecule has 19 heavy (non-hydrogen) atoms. The highest BCUT2D eigenvalue weighted by atomic mass is 32.2. The second-order valence-corrected chi connectivity index (χ2v) is 5.95. The molecule has 7 heteroatoms. The van der Waals surface area contributed by atoms with Crippen LogP contribution in [-0.4, -0.2) is 40.1 Å². The molecule has 2 rings (SSSR count). The highest BCUT2D eigenvalue weighted by Crippen LogP contribution is 2.08. The molecule has 0 aliphatic carbocycles. The van der Waals surface area contributed by atoms with E-state index in [1.807, 2.05) is 0 Å². The van der Waals surface area contributed by atoms with Gasteiger partial charge in [0.15, 0.2) is 0 Å². The van der Waals surface area contributed by atoms with Gasteiger partial charge in [-0.1, -0.05) is 18.2 Å². The number of carbonyl (C=O) groups is 1. The van der Waals surface area contributed by atoms with Gasteiger partial charge in [0.1, 0.15) is 0 Å². The lowest BCUT2D eigenvalue weighted by molar-refractivity contribution is -0.120. The maximum Gasteiger partial charge on any atom is 0.264 e. The van der Waals surface area contributed by atoms with Crippen molar-refractivity contribution >= 4 is 15.9 Å². The number of morpholine rings is 1. The molecule has 0 radical (unpaired) electrons. The predicted molar refractivity (Wildman–Crippen MR) is 69.0 cm³/mol. The van der Waals surface area contributed by atoms with E-state index in [1.54, 1.807) is 18.2 Å². The zero-order chi connectivity index (χ0) is 13.7. The summed E-state index contributed by atoms with van der Waals surface area (Å²) in [6, 6.07) is 7.67. The summed E-state index contributed by atoms with van der Waals surface area (Å²) in [6.45, 7) is 1.70. The molecule has 0 aromatic heterocycles. The maximum atomic E-state index is 11.9. The number of amides is 1. The van der Waals surface area contributed by atoms with Gasteiger partial charge in [-0.2, -0.15) is 0 Å². The van der Waals surface area contributed by atoms with E-state index < -0.39 is 15.9 Å². The first-order valence-electron chi connectivity index (χ1n) is 6.00. The summed E-state index contributed by atoms with van der Waals surface area (Å²) in [5.41, 5.74) is 0. The maximum absolute atomic E-state index is 11.9. The molecule has 0 spiro atoms. The third-order valence-electron chi connectivity index (χ3n) is 2.73. The molecule has 1 aromatic rings. The van der Waals surface area contributed by atoms with Gasteiger partial charge in [0, 0.05) is 19.0 Å². The van der Waals surface area contributed by atoms with Crippen LogP contribution in [0.4, 0.5) is 0 Å². The van der Waals surface area contributed by atoms with Crippen molar-refractivity contribution in [3.63, 3.8) is 0 Å². The summed E-state index contributed by atoms with van der Waals surface area (Å²) in [6.07, 6.45) is 0.0755. The third kappa shape index (κ3) is 4.02. The number of nitrogens with one attached hydrogen (secondary N) is 2. The number of benzene rings is 1. The number of sulfonamides is 1. The smallest absolute Gasteiger partial charge is 0.264 e. The van der Waals surface area contributed by atoms with Gasteiger partial charge in [-0.15, -0.1) is 0 Å². The lowest BCUT2D eigenvalue weighted by Crippen LogP contribution is -2.45. The number of hydrogen-bond acceptors (Lipinski definition) is 5. The van der Waals surface area contributed by atoms with E-state index in [0.29, 0.717) is 19.8 Å². The van der Waals surface area contributed by atoms with Crippen LogP contribution in [0.2, 0.25) is 0 Å². The van der Waals surface area contributed by atoms with Crippen molar-refractivity contribution in [2.75, 3.05) is 19.8 Å². The molecular formula is C12H16N2O4S. The molecule has 1 atom stereocenters. The SMILES string of the molecule is O=C(CC1COCCN1)NS(=O)(=O)c1ccccc1. The van der Waals surface area contributed by atoms with E-state index in [-0.39, 0.29) is 17.4 Å². The summed E-state index contributed by atoms with van der Waals surface area (Å²) in [7, 11) is -3.78. The second kappa shape index (κ2) is 6.14. The molecule has 1 heterocycles. The van der Waals surface area contributed by atoms with Crippen LogP contribution in [0.1, 0.15) is 6.42 Å². The quantitative estimate of drug-likeness (QED) is 0.804. The molecule has 0 saturated carbocycles. The summed E-state index contributed by atoms with van der Waals surface area (Å²) < 4.78 is 31.1. The van der Waals surface area contributed by atoms with Crippen LogP contribution in [-0.2, 0) is 19.6 Å². The van der Waals surface area contributed by atoms with Crippen LogP contribution in [0.25, 0.3) is 0 Å². The van der Waals surface area contributed by atoms with E-state index in [0.717, 1.165) is 0 Å². The van der Waals surface area contributed by atoms with Crippen molar-refractivity contribution in [1.82, 2.24) is 10.0 Å². The third-order valence-corrected chi connectivity index (χ3v) is 4.12. The van der Waals surface area contributed by atoms with Gasteiger partial charge in [0.2, 0.25) is 5.91 Å². The standard InChI is InChI=1S/C12H16N2O4S/c15-12(8-10-9-18-7-6-13-10)14-19(16,17)11-4-2-1-3-5-11/h1-5,10,13H,6-9H2,(H,14,15). The topological polar surface area (TPSA) is 84.5 Å². The normalized spacial score (nSPS) is 19.9. The van der Waals surface area contributed by atoms with Gasteiger partial charge in [0.05, 0.1) is 18.1 Å². The first-order valence-corrected chi connectivity index (χ1v) is 7.48. The molecular weight excluding hydrogens is 268 g/mol. The van der Waals surface area contributed by atoms with Crippen molar-refractivity contribution < 1.29 is 17.9 Å². The van der Waals surface area contributed by atoms with Gasteiger partial charge in [0.25, 0.3) is 10.0 Å². The lowest BCUT2D eigenvalue weighted by Gasteiger charge is -2.23. The molecule has 1 saturated heterocycles. The van der Waals surface area contributed by atoms with Crippen LogP contribution in [0.5, 0.6) is 0 Å². The molecule has 1 aliphatic heterocycles. The van der Waals surface area contributed by atoms with Gasteiger partial charge in [-0.3, -0.25) is 4.79 Å². The first-order chi connectivity index (χ1) is 9.08. The number of hydrogen-bond donors (Lipinski definition) is 2. The number of rotatable bonds is 4. The molecule has 0 bridgehead atoms.